The van der Waals surface area contributed by atoms with Crippen LogP contribution in [-0.4, -0.2) is 28.5 Å². The summed E-state index contributed by atoms with van der Waals surface area (Å²) >= 11 is 0. The van der Waals surface area contributed by atoms with Gasteiger partial charge in [-0.15, -0.1) is 0 Å². The van der Waals surface area contributed by atoms with Crippen LogP contribution in [0.2, 0.25) is 0 Å². The summed E-state index contributed by atoms with van der Waals surface area (Å²) in [6.45, 7) is 5.56. The topological polar surface area (TPSA) is 66.5 Å². The molecule has 0 radical (unpaired) electrons. The van der Waals surface area contributed by atoms with Gasteiger partial charge in [0.1, 0.15) is 0 Å². The molecule has 0 aromatic rings. The van der Waals surface area contributed by atoms with Gasteiger partial charge in [0.25, 0.3) is 0 Å². The van der Waals surface area contributed by atoms with Crippen LogP contribution < -0.4 is 5.73 Å². The molecule has 0 aromatic carbocycles. The molecule has 4 fully saturated rings. The molecule has 0 unspecified atom stereocenters. The molecule has 4 saturated carbocycles. The summed E-state index contributed by atoms with van der Waals surface area (Å²) in [4.78, 5) is 0. The summed E-state index contributed by atoms with van der Waals surface area (Å²) in [5.41, 5.74) is 5.37. The van der Waals surface area contributed by atoms with Gasteiger partial charge in [-0.3, -0.25) is 0 Å². The van der Waals surface area contributed by atoms with E-state index in [9.17, 15) is 10.2 Å². The highest BCUT2D eigenvalue weighted by molar-refractivity contribution is 5.20. The van der Waals surface area contributed by atoms with Crippen LogP contribution in [0.4, 0.5) is 0 Å². The Morgan fingerprint density at radius 2 is 1.79 bits per heavy atom. The molecule has 3 heteroatoms. The van der Waals surface area contributed by atoms with E-state index < -0.39 is 5.60 Å². The molecule has 3 nitrogen and oxygen atoms in total. The Labute approximate surface area is 171 Å². The lowest BCUT2D eigenvalue weighted by atomic mass is 9.43. The maximum atomic E-state index is 12.1. The summed E-state index contributed by atoms with van der Waals surface area (Å²) in [6.07, 6.45) is 19.5. The molecule has 0 saturated heterocycles. The van der Waals surface area contributed by atoms with E-state index in [4.69, 9.17) is 5.73 Å². The molecule has 4 aliphatic carbocycles. The zero-order chi connectivity index (χ0) is 20.0. The Kier molecular flexibility index (Phi) is 5.57. The highest BCUT2D eigenvalue weighted by Crippen LogP contribution is 2.69. The van der Waals surface area contributed by atoms with E-state index in [2.05, 4.69) is 38.2 Å². The lowest BCUT2D eigenvalue weighted by Crippen LogP contribution is -2.62. The van der Waals surface area contributed by atoms with Crippen molar-refractivity contribution in [3.63, 3.8) is 0 Å². The van der Waals surface area contributed by atoms with E-state index >= 15 is 0 Å². The molecule has 4 N–H and O–H groups in total. The normalized spacial score (nSPS) is 51.2. The van der Waals surface area contributed by atoms with Crippen molar-refractivity contribution in [1.82, 2.24) is 0 Å². The fourth-order valence-corrected chi connectivity index (χ4v) is 8.02. The number of aliphatic hydroxyl groups is 2. The minimum atomic E-state index is -0.518. The van der Waals surface area contributed by atoms with Gasteiger partial charge >= 0.3 is 0 Å². The number of hydrogen-bond acceptors (Lipinski definition) is 3. The molecule has 28 heavy (non-hydrogen) atoms. The molecule has 0 heterocycles. The highest BCUT2D eigenvalue weighted by atomic mass is 16.3. The Bertz CT molecular complexity index is 630. The number of allylic oxidation sites excluding steroid dienone is 3. The summed E-state index contributed by atoms with van der Waals surface area (Å²) < 4.78 is 0. The third-order valence-corrected chi connectivity index (χ3v) is 9.82. The summed E-state index contributed by atoms with van der Waals surface area (Å²) in [5, 5.41) is 22.3. The van der Waals surface area contributed by atoms with Gasteiger partial charge in [0.15, 0.2) is 0 Å². The van der Waals surface area contributed by atoms with Crippen molar-refractivity contribution in [3.8, 4) is 0 Å². The SMILES string of the molecule is C[C@]12CC[C@H](O)C[C@H]1CC[C@@H]1[C@@H]2CC[C@]2(C)[C@@H](/C=C/C=C/CCN)CC[C@]12O. The molecular formula is C25H41NO2. The molecule has 4 rings (SSSR count). The van der Waals surface area contributed by atoms with E-state index in [1.165, 1.54) is 12.8 Å². The van der Waals surface area contributed by atoms with Gasteiger partial charge in [0.05, 0.1) is 11.7 Å². The van der Waals surface area contributed by atoms with Gasteiger partial charge in [-0.2, -0.15) is 0 Å². The van der Waals surface area contributed by atoms with Gasteiger partial charge < -0.3 is 15.9 Å². The third kappa shape index (κ3) is 3.04. The maximum absolute atomic E-state index is 12.1. The zero-order valence-corrected chi connectivity index (χ0v) is 17.9. The number of hydrogen-bond donors (Lipinski definition) is 3. The third-order valence-electron chi connectivity index (χ3n) is 9.82. The van der Waals surface area contributed by atoms with Gasteiger partial charge in [-0.25, -0.2) is 0 Å². The number of rotatable bonds is 4. The lowest BCUT2D eigenvalue weighted by molar-refractivity contribution is -0.207. The Morgan fingerprint density at radius 3 is 2.57 bits per heavy atom. The van der Waals surface area contributed by atoms with Crippen LogP contribution in [0.5, 0.6) is 0 Å². The standard InChI is InChI=1S/C25H41NO2/c1-23-13-11-20(27)17-19(23)8-9-22-21(23)12-14-24(2)18(10-15-25(22,24)28)7-5-3-4-6-16-26/h3-5,7,18-22,27-28H,6,8-17,26H2,1-2H3/b4-3+,7-5+/t18-,19+,20-,21-,22+,23-,24+,25-/m0/s1. The summed E-state index contributed by atoms with van der Waals surface area (Å²) in [5.74, 6) is 2.19. The molecule has 8 atom stereocenters. The van der Waals surface area contributed by atoms with Crippen molar-refractivity contribution in [2.45, 2.75) is 89.8 Å². The second kappa shape index (κ2) is 7.56. The molecular weight excluding hydrogens is 346 g/mol. The van der Waals surface area contributed by atoms with Gasteiger partial charge in [-0.05, 0) is 99.8 Å². The quantitative estimate of drug-likeness (QED) is 0.619. The average Bonchev–Trinajstić information content (AvgIpc) is 2.93. The van der Waals surface area contributed by atoms with Crippen LogP contribution in [0.1, 0.15) is 78.1 Å². The van der Waals surface area contributed by atoms with Crippen molar-refractivity contribution in [3.05, 3.63) is 24.3 Å². The van der Waals surface area contributed by atoms with E-state index in [-0.39, 0.29) is 11.5 Å². The predicted molar refractivity (Wildman–Crippen MR) is 115 cm³/mol. The largest absolute Gasteiger partial charge is 0.393 e. The van der Waals surface area contributed by atoms with Crippen LogP contribution in [0, 0.1) is 34.5 Å². The molecule has 0 aromatic heterocycles. The van der Waals surface area contributed by atoms with Crippen molar-refractivity contribution in [1.29, 1.82) is 0 Å². The first kappa shape index (κ1) is 20.6. The molecule has 158 valence electrons. The number of aliphatic hydroxyl groups excluding tert-OH is 1. The van der Waals surface area contributed by atoms with E-state index in [1.54, 1.807) is 0 Å². The smallest absolute Gasteiger partial charge is 0.0737 e. The van der Waals surface area contributed by atoms with Crippen LogP contribution in [-0.2, 0) is 0 Å². The second-order valence-corrected chi connectivity index (χ2v) is 10.8. The Morgan fingerprint density at radius 1 is 0.964 bits per heavy atom. The average molecular weight is 388 g/mol. The van der Waals surface area contributed by atoms with Crippen molar-refractivity contribution in [2.75, 3.05) is 6.54 Å². The zero-order valence-electron chi connectivity index (χ0n) is 17.9. The molecule has 4 aliphatic rings. The molecule has 0 bridgehead atoms. The molecule has 0 amide bonds. The fraction of sp³-hybridized carbons (Fsp3) is 0.840. The van der Waals surface area contributed by atoms with Gasteiger partial charge in [0.2, 0.25) is 0 Å². The Balaban J connectivity index is 1.55. The number of fused-ring (bicyclic) bond motifs is 5. The highest BCUT2D eigenvalue weighted by Gasteiger charge is 2.66. The van der Waals surface area contributed by atoms with E-state index in [0.717, 1.165) is 51.4 Å². The first-order valence-corrected chi connectivity index (χ1v) is 11.8. The van der Waals surface area contributed by atoms with Gasteiger partial charge in [-0.1, -0.05) is 38.2 Å². The van der Waals surface area contributed by atoms with Crippen molar-refractivity contribution >= 4 is 0 Å². The second-order valence-electron chi connectivity index (χ2n) is 10.8. The van der Waals surface area contributed by atoms with Crippen LogP contribution >= 0.6 is 0 Å². The Hall–Kier alpha value is -0.640. The number of nitrogens with two attached hydrogens (primary N) is 1. The predicted octanol–water partition coefficient (Wildman–Crippen LogP) is 4.58. The lowest BCUT2D eigenvalue weighted by Gasteiger charge is -2.63. The van der Waals surface area contributed by atoms with Crippen molar-refractivity contribution < 1.29 is 10.2 Å². The fourth-order valence-electron chi connectivity index (χ4n) is 8.02. The summed E-state index contributed by atoms with van der Waals surface area (Å²) in [6, 6.07) is 0. The van der Waals surface area contributed by atoms with E-state index in [0.29, 0.717) is 35.6 Å². The first-order valence-electron chi connectivity index (χ1n) is 11.8. The van der Waals surface area contributed by atoms with E-state index in [1.807, 2.05) is 0 Å². The molecule has 0 aliphatic heterocycles. The first-order chi connectivity index (χ1) is 13.3. The molecule has 0 spiro atoms. The van der Waals surface area contributed by atoms with Crippen LogP contribution in [0.25, 0.3) is 0 Å². The summed E-state index contributed by atoms with van der Waals surface area (Å²) in [7, 11) is 0. The monoisotopic (exact) mass is 387 g/mol. The van der Waals surface area contributed by atoms with Crippen LogP contribution in [0.15, 0.2) is 24.3 Å². The minimum absolute atomic E-state index is 0.00372. The van der Waals surface area contributed by atoms with Gasteiger partial charge in [0, 0.05) is 5.41 Å². The van der Waals surface area contributed by atoms with Crippen LogP contribution in [0.3, 0.4) is 0 Å². The maximum Gasteiger partial charge on any atom is 0.0737 e. The van der Waals surface area contributed by atoms with Crippen molar-refractivity contribution in [2.24, 2.45) is 40.2 Å². The minimum Gasteiger partial charge on any atom is -0.393 e.